The number of carbonyl (C=O) groups is 1. The number of halogens is 3. The van der Waals surface area contributed by atoms with Gasteiger partial charge >= 0.3 is 0 Å². The van der Waals surface area contributed by atoms with Gasteiger partial charge in [-0.1, -0.05) is 11.8 Å². The van der Waals surface area contributed by atoms with E-state index in [0.717, 1.165) is 25.0 Å². The molecule has 1 aliphatic carbocycles. The van der Waals surface area contributed by atoms with Crippen molar-refractivity contribution in [3.8, 4) is 0 Å². The molecule has 0 radical (unpaired) electrons. The molecule has 1 N–H and O–H groups in total. The highest BCUT2D eigenvalue weighted by molar-refractivity contribution is 14.1. The van der Waals surface area contributed by atoms with Gasteiger partial charge in [-0.3, -0.25) is 4.79 Å². The highest BCUT2D eigenvalue weighted by atomic mass is 127. The van der Waals surface area contributed by atoms with Crippen LogP contribution < -0.4 is 5.32 Å². The highest BCUT2D eigenvalue weighted by Crippen LogP contribution is 2.36. The van der Waals surface area contributed by atoms with Crippen LogP contribution in [-0.2, 0) is 4.79 Å². The number of hydrogen-bond acceptors (Lipinski definition) is 5. The zero-order chi connectivity index (χ0) is 15.7. The summed E-state index contributed by atoms with van der Waals surface area (Å²) in [5, 5.41) is 14.3. The zero-order valence-electron chi connectivity index (χ0n) is 11.1. The van der Waals surface area contributed by atoms with Crippen molar-refractivity contribution in [2.24, 2.45) is 0 Å². The average Bonchev–Trinajstić information content (AvgIpc) is 3.21. The van der Waals surface area contributed by atoms with Gasteiger partial charge in [0.05, 0.1) is 15.4 Å². The van der Waals surface area contributed by atoms with Crippen LogP contribution in [0.1, 0.15) is 18.9 Å². The van der Waals surface area contributed by atoms with Gasteiger partial charge in [-0.25, -0.2) is 13.5 Å². The van der Waals surface area contributed by atoms with Crippen LogP contribution in [0.3, 0.4) is 0 Å². The molecule has 0 unspecified atom stereocenters. The van der Waals surface area contributed by atoms with E-state index in [2.05, 4.69) is 20.8 Å². The van der Waals surface area contributed by atoms with E-state index in [1.165, 1.54) is 11.8 Å². The molecular weight excluding hydrogens is 427 g/mol. The number of aromatic nitrogens is 4. The average molecular weight is 437 g/mol. The summed E-state index contributed by atoms with van der Waals surface area (Å²) in [6.07, 6.45) is 2.07. The monoisotopic (exact) mass is 437 g/mol. The molecule has 1 heterocycles. The van der Waals surface area contributed by atoms with Crippen LogP contribution in [0.5, 0.6) is 0 Å². The van der Waals surface area contributed by atoms with Crippen molar-refractivity contribution in [2.45, 2.75) is 24.0 Å². The molecular formula is C12H10F2IN5OS. The van der Waals surface area contributed by atoms with Crippen LogP contribution in [0, 0.1) is 15.2 Å². The van der Waals surface area contributed by atoms with Gasteiger partial charge in [-0.15, -0.1) is 5.10 Å². The first-order valence-corrected chi connectivity index (χ1v) is 8.46. The third kappa shape index (κ3) is 3.54. The first kappa shape index (κ1) is 15.6. The standard InChI is InChI=1S/C12H10F2IN5OS/c13-8-3-6(4-9(14)11(8)15)16-10(21)5-22-12-17-18-19-20(12)7-1-2-7/h3-4,7H,1-2,5H2,(H,16,21). The molecule has 0 bridgehead atoms. The van der Waals surface area contributed by atoms with Crippen molar-refractivity contribution >= 4 is 45.9 Å². The lowest BCUT2D eigenvalue weighted by Crippen LogP contribution is -2.15. The second-order valence-corrected chi connectivity index (χ2v) is 6.75. The number of amides is 1. The number of benzene rings is 1. The van der Waals surface area contributed by atoms with Crippen molar-refractivity contribution in [3.05, 3.63) is 27.3 Å². The Morgan fingerprint density at radius 2 is 2.09 bits per heavy atom. The van der Waals surface area contributed by atoms with E-state index in [9.17, 15) is 13.6 Å². The summed E-state index contributed by atoms with van der Waals surface area (Å²) in [7, 11) is 0. The first-order valence-electron chi connectivity index (χ1n) is 6.39. The third-order valence-electron chi connectivity index (χ3n) is 2.96. The minimum atomic E-state index is -0.707. The molecule has 3 rings (SSSR count). The Hall–Kier alpha value is -1.30. The maximum Gasteiger partial charge on any atom is 0.234 e. The highest BCUT2D eigenvalue weighted by Gasteiger charge is 2.28. The van der Waals surface area contributed by atoms with Crippen molar-refractivity contribution in [3.63, 3.8) is 0 Å². The fourth-order valence-corrected chi connectivity index (χ4v) is 2.84. The number of nitrogens with one attached hydrogen (secondary N) is 1. The number of thioether (sulfide) groups is 1. The summed E-state index contributed by atoms with van der Waals surface area (Å²) in [4.78, 5) is 11.9. The molecule has 0 aliphatic heterocycles. The quantitative estimate of drug-likeness (QED) is 0.443. The molecule has 2 aromatic rings. The second kappa shape index (κ2) is 6.44. The largest absolute Gasteiger partial charge is 0.325 e. The molecule has 1 aliphatic rings. The van der Waals surface area contributed by atoms with Crippen molar-refractivity contribution in [1.82, 2.24) is 20.2 Å². The molecule has 116 valence electrons. The predicted octanol–water partition coefficient (Wildman–Crippen LogP) is 2.62. The van der Waals surface area contributed by atoms with Crippen LogP contribution in [-0.4, -0.2) is 31.9 Å². The van der Waals surface area contributed by atoms with Gasteiger partial charge in [0.2, 0.25) is 11.1 Å². The summed E-state index contributed by atoms with van der Waals surface area (Å²) in [6, 6.07) is 2.49. The number of rotatable bonds is 5. The molecule has 0 saturated heterocycles. The Bertz CT molecular complexity index is 698. The van der Waals surface area contributed by atoms with Crippen molar-refractivity contribution in [1.29, 1.82) is 0 Å². The number of hydrogen-bond donors (Lipinski definition) is 1. The summed E-state index contributed by atoms with van der Waals surface area (Å²) in [6.45, 7) is 0. The molecule has 1 fully saturated rings. The van der Waals surface area contributed by atoms with Gasteiger partial charge in [0.25, 0.3) is 0 Å². The van der Waals surface area contributed by atoms with Gasteiger partial charge in [-0.05, 0) is 58.0 Å². The normalized spacial score (nSPS) is 14.1. The van der Waals surface area contributed by atoms with E-state index in [4.69, 9.17) is 0 Å². The Kier molecular flexibility index (Phi) is 4.57. The van der Waals surface area contributed by atoms with E-state index in [-0.39, 0.29) is 20.9 Å². The van der Waals surface area contributed by atoms with Gasteiger partial charge in [0, 0.05) is 5.69 Å². The minimum Gasteiger partial charge on any atom is -0.325 e. The molecule has 1 amide bonds. The number of carbonyl (C=O) groups excluding carboxylic acids is 1. The molecule has 6 nitrogen and oxygen atoms in total. The molecule has 0 spiro atoms. The Balaban J connectivity index is 1.59. The molecule has 1 aromatic heterocycles. The maximum atomic E-state index is 13.4. The predicted molar refractivity (Wildman–Crippen MR) is 84.5 cm³/mol. The SMILES string of the molecule is O=C(CSc1nnnn1C1CC1)Nc1cc(F)c(I)c(F)c1. The van der Waals surface area contributed by atoms with Gasteiger partial charge in [0.1, 0.15) is 11.6 Å². The van der Waals surface area contributed by atoms with Gasteiger partial charge in [0.15, 0.2) is 0 Å². The van der Waals surface area contributed by atoms with Gasteiger partial charge in [-0.2, -0.15) is 0 Å². The van der Waals surface area contributed by atoms with Crippen LogP contribution >= 0.6 is 34.4 Å². The lowest BCUT2D eigenvalue weighted by atomic mass is 10.3. The summed E-state index contributed by atoms with van der Waals surface area (Å²) in [5.74, 6) is -1.74. The molecule has 1 aromatic carbocycles. The molecule has 0 atom stereocenters. The van der Waals surface area contributed by atoms with Crippen LogP contribution in [0.2, 0.25) is 0 Å². The molecule has 10 heteroatoms. The number of nitrogens with zero attached hydrogens (tertiary/aromatic N) is 4. The minimum absolute atomic E-state index is 0.0579. The van der Waals surface area contributed by atoms with E-state index in [1.807, 2.05) is 0 Å². The van der Waals surface area contributed by atoms with Crippen molar-refractivity contribution in [2.75, 3.05) is 11.1 Å². The second-order valence-electron chi connectivity index (χ2n) is 4.73. The Morgan fingerprint density at radius 1 is 1.41 bits per heavy atom. The number of tetrazole rings is 1. The summed E-state index contributed by atoms with van der Waals surface area (Å²) >= 11 is 2.75. The Morgan fingerprint density at radius 3 is 2.73 bits per heavy atom. The smallest absolute Gasteiger partial charge is 0.234 e. The lowest BCUT2D eigenvalue weighted by Gasteiger charge is -2.07. The summed E-state index contributed by atoms with van der Waals surface area (Å²) < 4.78 is 28.4. The van der Waals surface area contributed by atoms with Crippen LogP contribution in [0.4, 0.5) is 14.5 Å². The van der Waals surface area contributed by atoms with E-state index in [0.29, 0.717) is 11.2 Å². The fourth-order valence-electron chi connectivity index (χ4n) is 1.78. The molecule has 22 heavy (non-hydrogen) atoms. The first-order chi connectivity index (χ1) is 10.5. The fraction of sp³-hybridized carbons (Fsp3) is 0.333. The van der Waals surface area contributed by atoms with E-state index < -0.39 is 11.6 Å². The van der Waals surface area contributed by atoms with E-state index >= 15 is 0 Å². The topological polar surface area (TPSA) is 72.7 Å². The van der Waals surface area contributed by atoms with Crippen molar-refractivity contribution < 1.29 is 13.6 Å². The lowest BCUT2D eigenvalue weighted by molar-refractivity contribution is -0.113. The Labute approximate surface area is 142 Å². The van der Waals surface area contributed by atoms with Crippen LogP contribution in [0.15, 0.2) is 17.3 Å². The summed E-state index contributed by atoms with van der Waals surface area (Å²) in [5.41, 5.74) is 0.0859. The number of anilines is 1. The third-order valence-corrected chi connectivity index (χ3v) is 4.92. The van der Waals surface area contributed by atoms with Crippen LogP contribution in [0.25, 0.3) is 0 Å². The maximum absolute atomic E-state index is 13.4. The zero-order valence-corrected chi connectivity index (χ0v) is 14.1. The van der Waals surface area contributed by atoms with Gasteiger partial charge < -0.3 is 5.32 Å². The van der Waals surface area contributed by atoms with E-state index in [1.54, 1.807) is 27.3 Å². The molecule has 1 saturated carbocycles.